The summed E-state index contributed by atoms with van der Waals surface area (Å²) in [6.07, 6.45) is -0.671. The summed E-state index contributed by atoms with van der Waals surface area (Å²) < 4.78 is 50.5. The summed E-state index contributed by atoms with van der Waals surface area (Å²) >= 11 is 0. The van der Waals surface area contributed by atoms with Gasteiger partial charge in [-0.2, -0.15) is 13.2 Å². The number of hydrogen-bond acceptors (Lipinski definition) is 4. The number of carbonyl (C=O) groups excluding carboxylic acids is 1. The van der Waals surface area contributed by atoms with Crippen LogP contribution >= 0.6 is 0 Å². The van der Waals surface area contributed by atoms with Gasteiger partial charge in [-0.1, -0.05) is 36.1 Å². The van der Waals surface area contributed by atoms with Crippen molar-refractivity contribution >= 4 is 11.7 Å². The van der Waals surface area contributed by atoms with Crippen molar-refractivity contribution in [1.29, 1.82) is 0 Å². The number of fused-ring (bicyclic) bond motifs is 1. The first-order valence-corrected chi connectivity index (χ1v) is 11.7. The average Bonchev–Trinajstić information content (AvgIpc) is 3.70. The molecule has 1 aromatic heterocycles. The van der Waals surface area contributed by atoms with E-state index in [4.69, 9.17) is 4.74 Å². The van der Waals surface area contributed by atoms with Crippen LogP contribution in [0.4, 0.5) is 23.7 Å². The van der Waals surface area contributed by atoms with Crippen molar-refractivity contribution in [3.05, 3.63) is 88.1 Å². The number of rotatable bonds is 5. The summed E-state index contributed by atoms with van der Waals surface area (Å²) in [5, 5.41) is 2.18. The first-order valence-electron chi connectivity index (χ1n) is 11.7. The van der Waals surface area contributed by atoms with Crippen LogP contribution in [0.3, 0.4) is 0 Å². The summed E-state index contributed by atoms with van der Waals surface area (Å²) in [5.41, 5.74) is -2.00. The molecule has 1 atom stereocenters. The minimum absolute atomic E-state index is 0.0170. The van der Waals surface area contributed by atoms with Crippen molar-refractivity contribution in [3.63, 3.8) is 0 Å². The molecular formula is C27H23F3N4O3. The molecule has 2 aliphatic rings. The Morgan fingerprint density at radius 2 is 1.81 bits per heavy atom. The molecule has 1 aliphatic heterocycles. The van der Waals surface area contributed by atoms with Crippen LogP contribution in [-0.2, 0) is 18.6 Å². The number of alkyl halides is 3. The molecule has 2 amide bonds. The third-order valence-electron chi connectivity index (χ3n) is 6.41. The van der Waals surface area contributed by atoms with E-state index in [1.165, 1.54) is 53.4 Å². The van der Waals surface area contributed by atoms with E-state index in [0.717, 1.165) is 12.8 Å². The molecule has 1 saturated carbocycles. The Morgan fingerprint density at radius 3 is 2.46 bits per heavy atom. The highest BCUT2D eigenvalue weighted by atomic mass is 19.4. The number of ether oxygens (including phenoxy) is 1. The van der Waals surface area contributed by atoms with Crippen molar-refractivity contribution in [2.75, 3.05) is 12.0 Å². The minimum Gasteiger partial charge on any atom is -0.497 e. The van der Waals surface area contributed by atoms with Crippen molar-refractivity contribution < 1.29 is 22.7 Å². The summed E-state index contributed by atoms with van der Waals surface area (Å²) in [7, 11) is 1.53. The summed E-state index contributed by atoms with van der Waals surface area (Å²) in [6, 6.07) is 11.6. The van der Waals surface area contributed by atoms with Crippen LogP contribution in [0.2, 0.25) is 0 Å². The number of hydrogen-bond donors (Lipinski definition) is 1. The summed E-state index contributed by atoms with van der Waals surface area (Å²) in [5.74, 6) is 5.60. The lowest BCUT2D eigenvalue weighted by molar-refractivity contribution is -0.179. The fourth-order valence-corrected chi connectivity index (χ4v) is 4.22. The van der Waals surface area contributed by atoms with Gasteiger partial charge in [0.1, 0.15) is 5.75 Å². The molecular weight excluding hydrogens is 485 g/mol. The molecule has 190 valence electrons. The third kappa shape index (κ3) is 4.77. The molecule has 3 aromatic rings. The predicted molar refractivity (Wildman–Crippen MR) is 130 cm³/mol. The van der Waals surface area contributed by atoms with Crippen LogP contribution in [0.25, 0.3) is 0 Å². The zero-order valence-electron chi connectivity index (χ0n) is 19.9. The van der Waals surface area contributed by atoms with Gasteiger partial charge in [0, 0.05) is 23.7 Å². The maximum Gasteiger partial charge on any atom is 0.427 e. The largest absolute Gasteiger partial charge is 0.497 e. The van der Waals surface area contributed by atoms with Gasteiger partial charge in [0.05, 0.1) is 32.2 Å². The maximum absolute atomic E-state index is 14.7. The zero-order chi connectivity index (χ0) is 26.2. The van der Waals surface area contributed by atoms with E-state index in [-0.39, 0.29) is 35.8 Å². The maximum atomic E-state index is 14.7. The quantitative estimate of drug-likeness (QED) is 0.525. The van der Waals surface area contributed by atoms with E-state index in [2.05, 4.69) is 22.1 Å². The van der Waals surface area contributed by atoms with Crippen LogP contribution in [0.15, 0.2) is 65.8 Å². The lowest BCUT2D eigenvalue weighted by Crippen LogP contribution is -2.62. The molecule has 1 aliphatic carbocycles. The smallest absolute Gasteiger partial charge is 0.427 e. The molecule has 2 aromatic carbocycles. The number of carbonyl (C=O) groups is 1. The topological polar surface area (TPSA) is 76.5 Å². The number of urea groups is 1. The number of nitrogens with one attached hydrogen (secondary N) is 1. The van der Waals surface area contributed by atoms with E-state index < -0.39 is 17.7 Å². The highest BCUT2D eigenvalue weighted by molar-refractivity contribution is 5.97. The number of aromatic nitrogens is 2. The SMILES string of the molecule is COc1ccc(CN2C(=O)N[C@](C#CC3CC3)(C(F)(F)F)c3ccc(Cn4cnccc4=O)cc32)cc1. The molecule has 2 heterocycles. The number of anilines is 1. The van der Waals surface area contributed by atoms with E-state index in [1.807, 2.05) is 0 Å². The standard InChI is InChI=1S/C27H23F3N4O3/c1-37-21-7-4-19(5-8-21)16-34-23-14-20(15-33-17-31-13-11-24(33)35)6-9-22(23)26(27(28,29)30,32-25(34)36)12-10-18-2-3-18/h4-9,11,13-14,17-18H,2-3,15-16H2,1H3,(H,32,36)/t26-/m0/s1. The van der Waals surface area contributed by atoms with Crippen molar-refractivity contribution in [3.8, 4) is 17.6 Å². The Kier molecular flexibility index (Phi) is 6.15. The van der Waals surface area contributed by atoms with Crippen molar-refractivity contribution in [2.45, 2.75) is 37.6 Å². The average molecular weight is 509 g/mol. The second kappa shape index (κ2) is 9.32. The van der Waals surface area contributed by atoms with E-state index in [9.17, 15) is 22.8 Å². The first kappa shape index (κ1) is 24.4. The number of benzene rings is 2. The molecule has 0 unspecified atom stereocenters. The highest BCUT2D eigenvalue weighted by Gasteiger charge is 2.60. The number of halogens is 3. The van der Waals surface area contributed by atoms with Crippen LogP contribution in [0.1, 0.15) is 29.5 Å². The molecule has 10 heteroatoms. The van der Waals surface area contributed by atoms with E-state index in [1.54, 1.807) is 24.3 Å². The normalized spacial score (nSPS) is 18.9. The molecule has 0 spiro atoms. The Hall–Kier alpha value is -4.26. The lowest BCUT2D eigenvalue weighted by Gasteiger charge is -2.42. The van der Waals surface area contributed by atoms with Crippen LogP contribution < -0.4 is 20.5 Å². The second-order valence-corrected chi connectivity index (χ2v) is 9.05. The molecule has 0 bridgehead atoms. The molecule has 5 rings (SSSR count). The second-order valence-electron chi connectivity index (χ2n) is 9.05. The molecule has 0 saturated heterocycles. The fraction of sp³-hybridized carbons (Fsp3) is 0.296. The van der Waals surface area contributed by atoms with Gasteiger partial charge < -0.3 is 10.1 Å². The summed E-state index contributed by atoms with van der Waals surface area (Å²) in [6.45, 7) is 0.0911. The Bertz CT molecular complexity index is 1450. The van der Waals surface area contributed by atoms with Gasteiger partial charge in [-0.25, -0.2) is 9.78 Å². The van der Waals surface area contributed by atoms with Gasteiger partial charge in [0.2, 0.25) is 5.54 Å². The first-order chi connectivity index (χ1) is 17.7. The Labute approximate surface area is 210 Å². The van der Waals surface area contributed by atoms with Gasteiger partial charge in [0.15, 0.2) is 0 Å². The zero-order valence-corrected chi connectivity index (χ0v) is 19.9. The lowest BCUT2D eigenvalue weighted by atomic mass is 9.85. The fourth-order valence-electron chi connectivity index (χ4n) is 4.22. The third-order valence-corrected chi connectivity index (χ3v) is 6.41. The minimum atomic E-state index is -4.87. The highest BCUT2D eigenvalue weighted by Crippen LogP contribution is 2.46. The Morgan fingerprint density at radius 1 is 1.08 bits per heavy atom. The number of methoxy groups -OCH3 is 1. The van der Waals surface area contributed by atoms with Gasteiger partial charge in [-0.3, -0.25) is 14.3 Å². The van der Waals surface area contributed by atoms with Crippen LogP contribution in [0.5, 0.6) is 5.75 Å². The molecule has 0 radical (unpaired) electrons. The van der Waals surface area contributed by atoms with E-state index in [0.29, 0.717) is 16.9 Å². The van der Waals surface area contributed by atoms with Crippen LogP contribution in [0, 0.1) is 17.8 Å². The summed E-state index contributed by atoms with van der Waals surface area (Å²) in [4.78, 5) is 30.7. The van der Waals surface area contributed by atoms with Gasteiger partial charge in [0.25, 0.3) is 5.56 Å². The molecule has 1 fully saturated rings. The Balaban J connectivity index is 1.62. The van der Waals surface area contributed by atoms with E-state index >= 15 is 0 Å². The van der Waals surface area contributed by atoms with Crippen LogP contribution in [-0.4, -0.2) is 28.9 Å². The number of amides is 2. The van der Waals surface area contributed by atoms with Gasteiger partial charge in [-0.15, -0.1) is 0 Å². The van der Waals surface area contributed by atoms with Crippen molar-refractivity contribution in [2.24, 2.45) is 5.92 Å². The van der Waals surface area contributed by atoms with Gasteiger partial charge in [-0.05, 0) is 42.2 Å². The predicted octanol–water partition coefficient (Wildman–Crippen LogP) is 4.20. The monoisotopic (exact) mass is 508 g/mol. The van der Waals surface area contributed by atoms with Crippen molar-refractivity contribution in [1.82, 2.24) is 14.9 Å². The molecule has 1 N–H and O–H groups in total. The molecule has 37 heavy (non-hydrogen) atoms. The molecule has 7 nitrogen and oxygen atoms in total. The van der Waals surface area contributed by atoms with Gasteiger partial charge >= 0.3 is 12.2 Å². The number of nitrogens with zero attached hydrogens (tertiary/aromatic N) is 3.